The zero-order valence-corrected chi connectivity index (χ0v) is 9.28. The molecule has 0 aliphatic heterocycles. The van der Waals surface area contributed by atoms with E-state index in [2.05, 4.69) is 6.07 Å². The van der Waals surface area contributed by atoms with Gasteiger partial charge in [-0.1, -0.05) is 31.4 Å². The van der Waals surface area contributed by atoms with Crippen LogP contribution in [0, 0.1) is 11.3 Å². The van der Waals surface area contributed by atoms with E-state index in [1.165, 1.54) is 6.42 Å². The van der Waals surface area contributed by atoms with Crippen LogP contribution in [-0.2, 0) is 10.2 Å². The van der Waals surface area contributed by atoms with Gasteiger partial charge in [-0.3, -0.25) is 0 Å². The Hall–Kier alpha value is -1.62. The standard InChI is InChI=1S/C14H15NO/c15-10-12-4-6-13(7-5-12)14(11-16)8-2-1-3-9-14/h4-7,11H,1-3,8-9H2. The molecule has 0 aromatic heterocycles. The summed E-state index contributed by atoms with van der Waals surface area (Å²) in [6.45, 7) is 0. The first-order chi connectivity index (χ1) is 7.80. The molecule has 1 fully saturated rings. The zero-order chi connectivity index (χ0) is 11.4. The highest BCUT2D eigenvalue weighted by atomic mass is 16.1. The van der Waals surface area contributed by atoms with Crippen LogP contribution >= 0.6 is 0 Å². The van der Waals surface area contributed by atoms with Crippen LogP contribution < -0.4 is 0 Å². The van der Waals surface area contributed by atoms with E-state index in [4.69, 9.17) is 5.26 Å². The monoisotopic (exact) mass is 213 g/mol. The minimum absolute atomic E-state index is 0.285. The average Bonchev–Trinajstić information content (AvgIpc) is 2.39. The predicted molar refractivity (Wildman–Crippen MR) is 62.0 cm³/mol. The van der Waals surface area contributed by atoms with Gasteiger partial charge in [-0.25, -0.2) is 0 Å². The molecule has 1 aliphatic carbocycles. The second-order valence-corrected chi connectivity index (χ2v) is 4.52. The fraction of sp³-hybridized carbons (Fsp3) is 0.429. The molecule has 82 valence electrons. The van der Waals surface area contributed by atoms with Crippen molar-refractivity contribution in [1.29, 1.82) is 5.26 Å². The number of nitrogens with zero attached hydrogens (tertiary/aromatic N) is 1. The van der Waals surface area contributed by atoms with Crippen molar-refractivity contribution in [3.8, 4) is 6.07 Å². The van der Waals surface area contributed by atoms with E-state index in [1.807, 2.05) is 12.1 Å². The van der Waals surface area contributed by atoms with Crippen LogP contribution in [0.15, 0.2) is 24.3 Å². The van der Waals surface area contributed by atoms with Gasteiger partial charge in [-0.05, 0) is 30.5 Å². The van der Waals surface area contributed by atoms with Crippen LogP contribution in [0.3, 0.4) is 0 Å². The van der Waals surface area contributed by atoms with Crippen LogP contribution in [0.25, 0.3) is 0 Å². The first-order valence-electron chi connectivity index (χ1n) is 5.78. The largest absolute Gasteiger partial charge is 0.302 e. The van der Waals surface area contributed by atoms with Crippen molar-refractivity contribution < 1.29 is 4.79 Å². The average molecular weight is 213 g/mol. The van der Waals surface area contributed by atoms with Crippen LogP contribution in [0.5, 0.6) is 0 Å². The number of hydrogen-bond acceptors (Lipinski definition) is 2. The minimum Gasteiger partial charge on any atom is -0.302 e. The maximum absolute atomic E-state index is 11.4. The lowest BCUT2D eigenvalue weighted by molar-refractivity contribution is -0.113. The molecule has 16 heavy (non-hydrogen) atoms. The third-order valence-corrected chi connectivity index (χ3v) is 3.56. The summed E-state index contributed by atoms with van der Waals surface area (Å²) in [6, 6.07) is 9.56. The fourth-order valence-electron chi connectivity index (χ4n) is 2.53. The molecule has 1 aliphatic rings. The summed E-state index contributed by atoms with van der Waals surface area (Å²) in [7, 11) is 0. The number of hydrogen-bond donors (Lipinski definition) is 0. The Bertz CT molecular complexity index is 407. The Morgan fingerprint density at radius 2 is 1.75 bits per heavy atom. The number of aldehydes is 1. The highest BCUT2D eigenvalue weighted by Crippen LogP contribution is 2.37. The molecule has 0 bridgehead atoms. The van der Waals surface area contributed by atoms with Gasteiger partial charge in [0.05, 0.1) is 17.0 Å². The van der Waals surface area contributed by atoms with Gasteiger partial charge in [0.1, 0.15) is 6.29 Å². The molecule has 2 heteroatoms. The number of nitriles is 1. The van der Waals surface area contributed by atoms with Gasteiger partial charge in [-0.2, -0.15) is 5.26 Å². The highest BCUT2D eigenvalue weighted by Gasteiger charge is 2.33. The molecule has 2 rings (SSSR count). The van der Waals surface area contributed by atoms with Gasteiger partial charge in [-0.15, -0.1) is 0 Å². The van der Waals surface area contributed by atoms with Gasteiger partial charge in [0.15, 0.2) is 0 Å². The smallest absolute Gasteiger partial charge is 0.130 e. The number of benzene rings is 1. The molecule has 0 amide bonds. The number of carbonyl (C=O) groups excluding carboxylic acids is 1. The minimum atomic E-state index is -0.285. The molecule has 0 heterocycles. The van der Waals surface area contributed by atoms with Crippen LogP contribution in [0.2, 0.25) is 0 Å². The predicted octanol–water partition coefficient (Wildman–Crippen LogP) is 2.96. The Balaban J connectivity index is 2.32. The maximum Gasteiger partial charge on any atom is 0.130 e. The van der Waals surface area contributed by atoms with Gasteiger partial charge in [0.25, 0.3) is 0 Å². The molecule has 1 saturated carbocycles. The molecule has 0 atom stereocenters. The third-order valence-electron chi connectivity index (χ3n) is 3.56. The quantitative estimate of drug-likeness (QED) is 0.709. The number of carbonyl (C=O) groups is 1. The summed E-state index contributed by atoms with van der Waals surface area (Å²) in [5, 5.41) is 8.74. The Morgan fingerprint density at radius 1 is 1.12 bits per heavy atom. The van der Waals surface area contributed by atoms with Crippen LogP contribution in [0.4, 0.5) is 0 Å². The molecule has 1 aromatic carbocycles. The highest BCUT2D eigenvalue weighted by molar-refractivity contribution is 5.69. The first-order valence-corrected chi connectivity index (χ1v) is 5.78. The van der Waals surface area contributed by atoms with Crippen molar-refractivity contribution in [3.63, 3.8) is 0 Å². The molecule has 1 aromatic rings. The Kier molecular flexibility index (Phi) is 3.05. The van der Waals surface area contributed by atoms with Gasteiger partial charge in [0.2, 0.25) is 0 Å². The van der Waals surface area contributed by atoms with E-state index >= 15 is 0 Å². The number of rotatable bonds is 2. The molecule has 0 N–H and O–H groups in total. The summed E-state index contributed by atoms with van der Waals surface area (Å²) in [6.07, 6.45) is 6.47. The van der Waals surface area contributed by atoms with Crippen molar-refractivity contribution in [2.75, 3.05) is 0 Å². The second kappa shape index (κ2) is 4.49. The van der Waals surface area contributed by atoms with Gasteiger partial charge >= 0.3 is 0 Å². The first kappa shape index (κ1) is 10.9. The van der Waals surface area contributed by atoms with Crippen LogP contribution in [0.1, 0.15) is 43.2 Å². The summed E-state index contributed by atoms with van der Waals surface area (Å²) < 4.78 is 0. The molecule has 0 saturated heterocycles. The molecule has 2 nitrogen and oxygen atoms in total. The van der Waals surface area contributed by atoms with Crippen molar-refractivity contribution in [1.82, 2.24) is 0 Å². The second-order valence-electron chi connectivity index (χ2n) is 4.52. The van der Waals surface area contributed by atoms with E-state index < -0.39 is 0 Å². The van der Waals surface area contributed by atoms with Crippen LogP contribution in [-0.4, -0.2) is 6.29 Å². The molecule has 0 spiro atoms. The molecule has 0 radical (unpaired) electrons. The summed E-state index contributed by atoms with van der Waals surface area (Å²) >= 11 is 0. The zero-order valence-electron chi connectivity index (χ0n) is 9.28. The topological polar surface area (TPSA) is 40.9 Å². The molecular weight excluding hydrogens is 198 g/mol. The Labute approximate surface area is 95.9 Å². The summed E-state index contributed by atoms with van der Waals surface area (Å²) in [5.41, 5.74) is 1.44. The third kappa shape index (κ3) is 1.86. The molecule has 0 unspecified atom stereocenters. The maximum atomic E-state index is 11.4. The van der Waals surface area contributed by atoms with E-state index in [-0.39, 0.29) is 5.41 Å². The summed E-state index contributed by atoms with van der Waals surface area (Å²) in [4.78, 5) is 11.4. The Morgan fingerprint density at radius 3 is 2.25 bits per heavy atom. The molecular formula is C14H15NO. The van der Waals surface area contributed by atoms with E-state index in [1.54, 1.807) is 12.1 Å². The fourth-order valence-corrected chi connectivity index (χ4v) is 2.53. The summed E-state index contributed by atoms with van der Waals surface area (Å²) in [5.74, 6) is 0. The van der Waals surface area contributed by atoms with E-state index in [0.29, 0.717) is 5.56 Å². The lowest BCUT2D eigenvalue weighted by Gasteiger charge is -2.32. The van der Waals surface area contributed by atoms with Gasteiger partial charge in [0, 0.05) is 0 Å². The van der Waals surface area contributed by atoms with E-state index in [0.717, 1.165) is 37.5 Å². The van der Waals surface area contributed by atoms with Crippen molar-refractivity contribution >= 4 is 6.29 Å². The van der Waals surface area contributed by atoms with Crippen molar-refractivity contribution in [2.24, 2.45) is 0 Å². The van der Waals surface area contributed by atoms with Crippen molar-refractivity contribution in [3.05, 3.63) is 35.4 Å². The lowest BCUT2D eigenvalue weighted by atomic mass is 9.70. The lowest BCUT2D eigenvalue weighted by Crippen LogP contribution is -2.30. The van der Waals surface area contributed by atoms with Crippen molar-refractivity contribution in [2.45, 2.75) is 37.5 Å². The SMILES string of the molecule is N#Cc1ccc(C2(C=O)CCCCC2)cc1. The van der Waals surface area contributed by atoms with Gasteiger partial charge < -0.3 is 4.79 Å². The normalized spacial score (nSPS) is 18.7. The van der Waals surface area contributed by atoms with E-state index in [9.17, 15) is 4.79 Å².